The van der Waals surface area contributed by atoms with Crippen LogP contribution in [0.25, 0.3) is 0 Å². The molecule has 0 aliphatic heterocycles. The van der Waals surface area contributed by atoms with Gasteiger partial charge < -0.3 is 26.6 Å². The molecule has 0 N–H and O–H groups in total. The fraction of sp³-hybridized carbons (Fsp3) is 1.00. The van der Waals surface area contributed by atoms with Gasteiger partial charge in [-0.05, 0) is 6.42 Å². The molecule has 0 rings (SSSR count). The van der Waals surface area contributed by atoms with Crippen molar-refractivity contribution in [1.29, 1.82) is 0 Å². The largest absolute Gasteiger partial charge is 0.522 e. The van der Waals surface area contributed by atoms with Gasteiger partial charge in [-0.1, -0.05) is 17.7 Å². The highest BCUT2D eigenvalue weighted by Gasteiger charge is 2.75. The molecule has 0 fully saturated rings. The van der Waals surface area contributed by atoms with Gasteiger partial charge in [-0.25, -0.2) is 0 Å². The number of thiol groups is 1. The second kappa shape index (κ2) is 8.36. The van der Waals surface area contributed by atoms with Crippen molar-refractivity contribution in [3.63, 3.8) is 0 Å². The second-order valence-electron chi connectivity index (χ2n) is 3.61. The maximum absolute atomic E-state index is 5.61. The van der Waals surface area contributed by atoms with Gasteiger partial charge in [0.05, 0.1) is 0 Å². The van der Waals surface area contributed by atoms with Crippen molar-refractivity contribution in [3.05, 3.63) is 0 Å². The van der Waals surface area contributed by atoms with Crippen LogP contribution < -0.4 is 0 Å². The molecule has 0 aromatic heterocycles. The Balaban J connectivity index is 6.08. The molecule has 19 heavy (non-hydrogen) atoms. The van der Waals surface area contributed by atoms with E-state index in [1.165, 1.54) is 10.8 Å². The van der Waals surface area contributed by atoms with E-state index < -0.39 is 21.6 Å². The van der Waals surface area contributed by atoms with Gasteiger partial charge in [0.15, 0.2) is 3.99 Å². The van der Waals surface area contributed by atoms with Gasteiger partial charge in [0.2, 0.25) is 0 Å². The molecule has 0 heterocycles. The molecule has 0 radical (unpaired) electrons. The van der Waals surface area contributed by atoms with Gasteiger partial charge in [-0.15, -0.1) is 11.7 Å². The molecule has 116 valence electrons. The van der Waals surface area contributed by atoms with Gasteiger partial charge in [-0.2, -0.15) is 0 Å². The van der Waals surface area contributed by atoms with Gasteiger partial charge in [0.25, 0.3) is 0 Å². The smallest absolute Gasteiger partial charge is 0.376 e. The summed E-state index contributed by atoms with van der Waals surface area (Å²) in [6.45, 7) is 1.97. The first-order valence-electron chi connectivity index (χ1n) is 5.62. The highest BCUT2D eigenvalue weighted by atomic mass is 33.1. The van der Waals surface area contributed by atoms with E-state index in [2.05, 4.69) is 11.7 Å². The molecule has 10 heteroatoms. The zero-order chi connectivity index (χ0) is 15.2. The average Bonchev–Trinajstić information content (AvgIpc) is 2.49. The Hall–Kier alpha value is 0.894. The van der Waals surface area contributed by atoms with Crippen molar-refractivity contribution in [2.24, 2.45) is 0 Å². The lowest BCUT2D eigenvalue weighted by atomic mass is 10.6. The van der Waals surface area contributed by atoms with Crippen LogP contribution >= 0.6 is 22.5 Å². The van der Waals surface area contributed by atoms with E-state index in [1.807, 2.05) is 6.92 Å². The molecule has 0 spiro atoms. The molecule has 6 nitrogen and oxygen atoms in total. The fourth-order valence-corrected chi connectivity index (χ4v) is 14.4. The molecule has 0 saturated carbocycles. The van der Waals surface area contributed by atoms with Gasteiger partial charge >= 0.3 is 17.6 Å². The maximum atomic E-state index is 5.61. The fourth-order valence-electron chi connectivity index (χ4n) is 2.29. The van der Waals surface area contributed by atoms with Crippen LogP contribution in [0.4, 0.5) is 0 Å². The van der Waals surface area contributed by atoms with Crippen molar-refractivity contribution >= 4 is 40.1 Å². The summed E-state index contributed by atoms with van der Waals surface area (Å²) in [6, 6.07) is 0. The predicted molar refractivity (Wildman–Crippen MR) is 83.2 cm³/mol. The summed E-state index contributed by atoms with van der Waals surface area (Å²) in [6.07, 6.45) is 0.602. The van der Waals surface area contributed by atoms with Crippen molar-refractivity contribution in [1.82, 2.24) is 0 Å². The molecular formula is C9H24O6S2Si2. The van der Waals surface area contributed by atoms with Crippen LogP contribution in [0.15, 0.2) is 0 Å². The number of hydrogen-bond donors (Lipinski definition) is 1. The minimum Gasteiger partial charge on any atom is -0.376 e. The first kappa shape index (κ1) is 19.9. The molecule has 0 amide bonds. The Morgan fingerprint density at radius 3 is 1.16 bits per heavy atom. The monoisotopic (exact) mass is 348 g/mol. The predicted octanol–water partition coefficient (Wildman–Crippen LogP) is 1.55. The van der Waals surface area contributed by atoms with Gasteiger partial charge in [0, 0.05) is 42.7 Å². The summed E-state index contributed by atoms with van der Waals surface area (Å²) in [5.74, 6) is 0. The van der Waals surface area contributed by atoms with Crippen molar-refractivity contribution < 1.29 is 26.6 Å². The number of hydrogen-bond acceptors (Lipinski definition) is 8. The van der Waals surface area contributed by atoms with Gasteiger partial charge in [0.1, 0.15) is 0 Å². The standard InChI is InChI=1S/C9H24O6S2Si2/c1-8-9(17-16,18(10-2,11-3)12-4)19(13-5,14-6)15-7/h16H,8H2,1-7H3. The van der Waals surface area contributed by atoms with Crippen LogP contribution in [0.1, 0.15) is 13.3 Å². The second-order valence-corrected chi connectivity index (χ2v) is 12.6. The zero-order valence-electron chi connectivity index (χ0n) is 12.5. The van der Waals surface area contributed by atoms with Crippen molar-refractivity contribution in [2.45, 2.75) is 17.3 Å². The third kappa shape index (κ3) is 2.93. The van der Waals surface area contributed by atoms with E-state index >= 15 is 0 Å². The van der Waals surface area contributed by atoms with Crippen LogP contribution in [-0.2, 0) is 26.6 Å². The Bertz CT molecular complexity index is 221. The van der Waals surface area contributed by atoms with Crippen molar-refractivity contribution in [2.75, 3.05) is 42.7 Å². The van der Waals surface area contributed by atoms with Crippen LogP contribution in [0, 0.1) is 0 Å². The maximum Gasteiger partial charge on any atom is 0.522 e. The highest BCUT2D eigenvalue weighted by Crippen LogP contribution is 2.48. The Morgan fingerprint density at radius 2 is 1.05 bits per heavy atom. The molecule has 0 aromatic carbocycles. The molecule has 0 atom stereocenters. The summed E-state index contributed by atoms with van der Waals surface area (Å²) in [7, 11) is 4.30. The third-order valence-electron chi connectivity index (χ3n) is 3.26. The van der Waals surface area contributed by atoms with E-state index in [4.69, 9.17) is 26.6 Å². The molecule has 0 bridgehead atoms. The SMILES string of the molecule is CCC(SS)([Si](OC)(OC)OC)[Si](OC)(OC)OC. The minimum atomic E-state index is -3.12. The lowest BCUT2D eigenvalue weighted by Crippen LogP contribution is -2.76. The summed E-state index contributed by atoms with van der Waals surface area (Å²) < 4.78 is 32.9. The van der Waals surface area contributed by atoms with Crippen LogP contribution in [0.5, 0.6) is 0 Å². The Kier molecular flexibility index (Phi) is 8.76. The molecule has 0 aromatic rings. The average molecular weight is 349 g/mol. The molecule has 0 unspecified atom stereocenters. The lowest BCUT2D eigenvalue weighted by Gasteiger charge is -2.47. The van der Waals surface area contributed by atoms with E-state index in [-0.39, 0.29) is 0 Å². The van der Waals surface area contributed by atoms with E-state index in [9.17, 15) is 0 Å². The Morgan fingerprint density at radius 1 is 0.789 bits per heavy atom. The summed E-state index contributed by atoms with van der Waals surface area (Å²) >= 11 is 4.40. The quantitative estimate of drug-likeness (QED) is 0.365. The van der Waals surface area contributed by atoms with Crippen LogP contribution in [-0.4, -0.2) is 64.3 Å². The first-order chi connectivity index (χ1) is 8.99. The zero-order valence-corrected chi connectivity index (χ0v) is 16.2. The Labute approximate surface area is 127 Å². The minimum absolute atomic E-state index is 0.602. The number of rotatable bonds is 10. The van der Waals surface area contributed by atoms with Crippen LogP contribution in [0.3, 0.4) is 0 Å². The molecular weight excluding hydrogens is 324 g/mol. The van der Waals surface area contributed by atoms with E-state index in [0.717, 1.165) is 0 Å². The molecule has 0 saturated heterocycles. The molecule has 0 aliphatic carbocycles. The third-order valence-corrected chi connectivity index (χ3v) is 15.7. The summed E-state index contributed by atoms with van der Waals surface area (Å²) in [5.41, 5.74) is 0. The lowest BCUT2D eigenvalue weighted by molar-refractivity contribution is 0.0746. The van der Waals surface area contributed by atoms with Gasteiger partial charge in [-0.3, -0.25) is 0 Å². The molecule has 0 aliphatic rings. The van der Waals surface area contributed by atoms with Crippen molar-refractivity contribution in [3.8, 4) is 0 Å². The normalized spacial score (nSPS) is 13.9. The topological polar surface area (TPSA) is 55.4 Å². The van der Waals surface area contributed by atoms with Crippen LogP contribution in [0.2, 0.25) is 0 Å². The van der Waals surface area contributed by atoms with E-state index in [1.54, 1.807) is 42.7 Å². The first-order valence-corrected chi connectivity index (χ1v) is 10.9. The summed E-state index contributed by atoms with van der Waals surface area (Å²) in [4.78, 5) is 0. The summed E-state index contributed by atoms with van der Waals surface area (Å²) in [5, 5.41) is 0. The van der Waals surface area contributed by atoms with E-state index in [0.29, 0.717) is 6.42 Å². The highest BCUT2D eigenvalue weighted by molar-refractivity contribution is 8.70.